The summed E-state index contributed by atoms with van der Waals surface area (Å²) in [5.41, 5.74) is 0. The summed E-state index contributed by atoms with van der Waals surface area (Å²) in [4.78, 5) is 12.4. The van der Waals surface area contributed by atoms with E-state index in [1.807, 2.05) is 6.20 Å². The van der Waals surface area contributed by atoms with Crippen molar-refractivity contribution in [3.8, 4) is 0 Å². The van der Waals surface area contributed by atoms with Crippen LogP contribution in [0.2, 0.25) is 0 Å². The number of rotatable bonds is 6. The third kappa shape index (κ3) is 3.67. The smallest absolute Gasteiger partial charge is 0.149 e. The van der Waals surface area contributed by atoms with Gasteiger partial charge in [0.25, 0.3) is 0 Å². The topological polar surface area (TPSA) is 41.1 Å². The van der Waals surface area contributed by atoms with Crippen molar-refractivity contribution in [2.45, 2.75) is 26.3 Å². The first-order valence-electron chi connectivity index (χ1n) is 6.51. The van der Waals surface area contributed by atoms with Crippen LogP contribution in [-0.2, 0) is 6.42 Å². The molecule has 19 heavy (non-hydrogen) atoms. The molecule has 0 spiro atoms. The number of hydrogen-bond acceptors (Lipinski definition) is 5. The zero-order chi connectivity index (χ0) is 13.7. The molecule has 2 aromatic rings. The third-order valence-electron chi connectivity index (χ3n) is 3.08. The molecule has 0 aliphatic heterocycles. The van der Waals surface area contributed by atoms with Crippen molar-refractivity contribution in [2.75, 3.05) is 23.8 Å². The predicted octanol–water partition coefficient (Wildman–Crippen LogP) is 3.04. The molecule has 4 nitrogen and oxygen atoms in total. The highest BCUT2D eigenvalue weighted by Gasteiger charge is 2.13. The summed E-state index contributed by atoms with van der Waals surface area (Å²) >= 11 is 1.80. The average Bonchev–Trinajstić information content (AvgIpc) is 2.91. The summed E-state index contributed by atoms with van der Waals surface area (Å²) in [5.74, 6) is 1.73. The van der Waals surface area contributed by atoms with Gasteiger partial charge in [-0.05, 0) is 25.3 Å². The van der Waals surface area contributed by atoms with E-state index in [4.69, 9.17) is 0 Å². The standard InChI is InChI=1S/C14H20N4S/c1-4-16-13-9-15-10-14(17-13)18(3)11(2)8-12-6-5-7-19-12/h5-7,9-11H,4,8H2,1-3H3,(H,16,17). The first kappa shape index (κ1) is 13.8. The van der Waals surface area contributed by atoms with E-state index >= 15 is 0 Å². The molecule has 0 fully saturated rings. The van der Waals surface area contributed by atoms with Crippen molar-refractivity contribution in [3.63, 3.8) is 0 Å². The lowest BCUT2D eigenvalue weighted by molar-refractivity contribution is 0.679. The van der Waals surface area contributed by atoms with Crippen LogP contribution in [0.5, 0.6) is 0 Å². The van der Waals surface area contributed by atoms with E-state index < -0.39 is 0 Å². The summed E-state index contributed by atoms with van der Waals surface area (Å²) in [5, 5.41) is 5.31. The molecule has 0 aromatic carbocycles. The van der Waals surface area contributed by atoms with Crippen LogP contribution < -0.4 is 10.2 Å². The molecule has 102 valence electrons. The van der Waals surface area contributed by atoms with Gasteiger partial charge in [-0.15, -0.1) is 11.3 Å². The summed E-state index contributed by atoms with van der Waals surface area (Å²) in [6.07, 6.45) is 4.60. The van der Waals surface area contributed by atoms with E-state index in [-0.39, 0.29) is 0 Å². The highest BCUT2D eigenvalue weighted by Crippen LogP contribution is 2.18. The van der Waals surface area contributed by atoms with Crippen LogP contribution in [0.15, 0.2) is 29.9 Å². The Hall–Kier alpha value is -1.62. The first-order chi connectivity index (χ1) is 9.20. The summed E-state index contributed by atoms with van der Waals surface area (Å²) in [7, 11) is 2.07. The van der Waals surface area contributed by atoms with E-state index in [2.05, 4.69) is 58.6 Å². The number of thiophene rings is 1. The fraction of sp³-hybridized carbons (Fsp3) is 0.429. The number of aromatic nitrogens is 2. The zero-order valence-electron chi connectivity index (χ0n) is 11.6. The van der Waals surface area contributed by atoms with Gasteiger partial charge in [0, 0.05) is 30.9 Å². The van der Waals surface area contributed by atoms with Gasteiger partial charge in [0.05, 0.1) is 12.4 Å². The molecule has 2 rings (SSSR count). The van der Waals surface area contributed by atoms with E-state index in [1.165, 1.54) is 4.88 Å². The molecule has 0 amide bonds. The van der Waals surface area contributed by atoms with Crippen molar-refractivity contribution in [2.24, 2.45) is 0 Å². The quantitative estimate of drug-likeness (QED) is 0.880. The molecule has 0 aliphatic carbocycles. The van der Waals surface area contributed by atoms with Crippen LogP contribution in [0.1, 0.15) is 18.7 Å². The number of nitrogens with one attached hydrogen (secondary N) is 1. The molecule has 0 bridgehead atoms. The van der Waals surface area contributed by atoms with Crippen molar-refractivity contribution < 1.29 is 0 Å². The van der Waals surface area contributed by atoms with E-state index in [9.17, 15) is 0 Å². The molecule has 1 unspecified atom stereocenters. The predicted molar refractivity (Wildman–Crippen MR) is 82.1 cm³/mol. The molecular weight excluding hydrogens is 256 g/mol. The Morgan fingerprint density at radius 3 is 2.95 bits per heavy atom. The fourth-order valence-corrected chi connectivity index (χ4v) is 2.70. The van der Waals surface area contributed by atoms with Gasteiger partial charge in [0.15, 0.2) is 0 Å². The minimum Gasteiger partial charge on any atom is -0.369 e. The van der Waals surface area contributed by atoms with Crippen LogP contribution in [-0.4, -0.2) is 29.6 Å². The molecule has 0 aliphatic rings. The van der Waals surface area contributed by atoms with E-state index in [0.717, 1.165) is 24.6 Å². The second kappa shape index (κ2) is 6.52. The Balaban J connectivity index is 2.05. The Kier molecular flexibility index (Phi) is 4.74. The molecule has 2 aromatic heterocycles. The van der Waals surface area contributed by atoms with Crippen molar-refractivity contribution in [3.05, 3.63) is 34.8 Å². The second-order valence-electron chi connectivity index (χ2n) is 4.54. The van der Waals surface area contributed by atoms with Gasteiger partial charge in [0.2, 0.25) is 0 Å². The molecule has 0 saturated carbocycles. The number of nitrogens with zero attached hydrogens (tertiary/aromatic N) is 3. The molecule has 2 heterocycles. The van der Waals surface area contributed by atoms with E-state index in [1.54, 1.807) is 17.5 Å². The minimum absolute atomic E-state index is 0.393. The normalized spacial score (nSPS) is 12.2. The maximum Gasteiger partial charge on any atom is 0.149 e. The van der Waals surface area contributed by atoms with Crippen molar-refractivity contribution >= 4 is 23.0 Å². The van der Waals surface area contributed by atoms with Gasteiger partial charge in [-0.25, -0.2) is 4.98 Å². The summed E-state index contributed by atoms with van der Waals surface area (Å²) in [6.45, 7) is 5.12. The molecule has 1 N–H and O–H groups in total. The SMILES string of the molecule is CCNc1cncc(N(C)C(C)Cc2cccs2)n1. The average molecular weight is 276 g/mol. The Labute approximate surface area is 118 Å². The van der Waals surface area contributed by atoms with Crippen LogP contribution in [0.3, 0.4) is 0 Å². The summed E-state index contributed by atoms with van der Waals surface area (Å²) < 4.78 is 0. The van der Waals surface area contributed by atoms with Crippen LogP contribution >= 0.6 is 11.3 Å². The van der Waals surface area contributed by atoms with Gasteiger partial charge >= 0.3 is 0 Å². The zero-order valence-corrected chi connectivity index (χ0v) is 12.4. The third-order valence-corrected chi connectivity index (χ3v) is 3.98. The highest BCUT2D eigenvalue weighted by molar-refractivity contribution is 7.09. The number of hydrogen-bond donors (Lipinski definition) is 1. The molecule has 1 atom stereocenters. The first-order valence-corrected chi connectivity index (χ1v) is 7.39. The second-order valence-corrected chi connectivity index (χ2v) is 5.57. The van der Waals surface area contributed by atoms with Crippen LogP contribution in [0.4, 0.5) is 11.6 Å². The highest BCUT2D eigenvalue weighted by atomic mass is 32.1. The molecule has 0 radical (unpaired) electrons. The Morgan fingerprint density at radius 2 is 2.26 bits per heavy atom. The monoisotopic (exact) mass is 276 g/mol. The van der Waals surface area contributed by atoms with Gasteiger partial charge in [-0.2, -0.15) is 0 Å². The Morgan fingerprint density at radius 1 is 1.42 bits per heavy atom. The van der Waals surface area contributed by atoms with Crippen molar-refractivity contribution in [1.82, 2.24) is 9.97 Å². The largest absolute Gasteiger partial charge is 0.369 e. The van der Waals surface area contributed by atoms with Gasteiger partial charge < -0.3 is 10.2 Å². The summed E-state index contributed by atoms with van der Waals surface area (Å²) in [6, 6.07) is 4.67. The van der Waals surface area contributed by atoms with Crippen LogP contribution in [0.25, 0.3) is 0 Å². The lowest BCUT2D eigenvalue weighted by Crippen LogP contribution is -2.31. The van der Waals surface area contributed by atoms with Gasteiger partial charge in [0.1, 0.15) is 11.6 Å². The lowest BCUT2D eigenvalue weighted by atomic mass is 10.2. The van der Waals surface area contributed by atoms with Gasteiger partial charge in [-0.1, -0.05) is 6.07 Å². The lowest BCUT2D eigenvalue weighted by Gasteiger charge is -2.25. The maximum absolute atomic E-state index is 4.57. The van der Waals surface area contributed by atoms with Gasteiger partial charge in [-0.3, -0.25) is 4.98 Å². The number of likely N-dealkylation sites (N-methyl/N-ethyl adjacent to an activating group) is 1. The molecular formula is C14H20N4S. The maximum atomic E-state index is 4.57. The van der Waals surface area contributed by atoms with E-state index in [0.29, 0.717) is 6.04 Å². The number of anilines is 2. The molecule has 0 saturated heterocycles. The fourth-order valence-electron chi connectivity index (χ4n) is 1.87. The minimum atomic E-state index is 0.393. The van der Waals surface area contributed by atoms with Crippen molar-refractivity contribution in [1.29, 1.82) is 0 Å². The molecule has 5 heteroatoms. The Bertz CT molecular complexity index is 498. The van der Waals surface area contributed by atoms with Crippen LogP contribution in [0, 0.1) is 0 Å².